The van der Waals surface area contributed by atoms with E-state index in [4.69, 9.17) is 14.2 Å². The first-order chi connectivity index (χ1) is 19.1. The van der Waals surface area contributed by atoms with E-state index in [-0.39, 0.29) is 31.3 Å². The number of hydrogen-bond acceptors (Lipinski definition) is 9. The molecule has 4 N–H and O–H groups in total. The van der Waals surface area contributed by atoms with E-state index in [1.807, 2.05) is 6.07 Å². The second-order valence-corrected chi connectivity index (χ2v) is 9.93. The second kappa shape index (κ2) is 11.9. The lowest BCUT2D eigenvalue weighted by atomic mass is 10.0. The Labute approximate surface area is 231 Å². The number of fused-ring (bicyclic) bond motifs is 3. The third kappa shape index (κ3) is 6.95. The van der Waals surface area contributed by atoms with Crippen LogP contribution in [0.4, 0.5) is 22.1 Å². The highest BCUT2D eigenvalue weighted by atomic mass is 16.6. The fourth-order valence-corrected chi connectivity index (χ4v) is 3.99. The molecule has 0 bridgehead atoms. The molecule has 210 valence electrons. The molecular formula is C28H32N6O6. The highest BCUT2D eigenvalue weighted by Crippen LogP contribution is 2.35. The lowest BCUT2D eigenvalue weighted by molar-refractivity contribution is -0.115. The van der Waals surface area contributed by atoms with Crippen LogP contribution in [0.2, 0.25) is 0 Å². The van der Waals surface area contributed by atoms with E-state index >= 15 is 0 Å². The molecule has 0 saturated heterocycles. The number of carbonyl (C=O) groups excluding carboxylic acids is 3. The molecule has 0 spiro atoms. The maximum absolute atomic E-state index is 12.7. The molecule has 4 rings (SSSR count). The maximum atomic E-state index is 12.7. The molecule has 1 aliphatic heterocycles. The van der Waals surface area contributed by atoms with E-state index in [2.05, 4.69) is 31.2 Å². The first kappa shape index (κ1) is 28.1. The van der Waals surface area contributed by atoms with Gasteiger partial charge in [-0.2, -0.15) is 0 Å². The Balaban J connectivity index is 1.49. The van der Waals surface area contributed by atoms with E-state index in [9.17, 15) is 14.4 Å². The molecule has 0 aliphatic carbocycles. The molecule has 2 aromatic carbocycles. The number of methoxy groups -OCH3 is 2. The van der Waals surface area contributed by atoms with Gasteiger partial charge in [-0.15, -0.1) is 0 Å². The minimum absolute atomic E-state index is 0.0819. The molecule has 0 atom stereocenters. The lowest BCUT2D eigenvalue weighted by Gasteiger charge is -2.19. The predicted octanol–water partition coefficient (Wildman–Crippen LogP) is 3.65. The van der Waals surface area contributed by atoms with Gasteiger partial charge in [0, 0.05) is 47.7 Å². The lowest BCUT2D eigenvalue weighted by Crippen LogP contribution is -2.37. The summed E-state index contributed by atoms with van der Waals surface area (Å²) in [5.74, 6) is 0.863. The van der Waals surface area contributed by atoms with Gasteiger partial charge in [-0.25, -0.2) is 14.8 Å². The molecule has 12 nitrogen and oxygen atoms in total. The molecule has 0 fully saturated rings. The van der Waals surface area contributed by atoms with Crippen molar-refractivity contribution in [1.29, 1.82) is 0 Å². The molecule has 40 heavy (non-hydrogen) atoms. The number of hydrogen-bond donors (Lipinski definition) is 4. The summed E-state index contributed by atoms with van der Waals surface area (Å²) in [5.41, 5.74) is 2.76. The summed E-state index contributed by atoms with van der Waals surface area (Å²) in [6, 6.07) is 10.3. The van der Waals surface area contributed by atoms with Gasteiger partial charge in [-0.05, 0) is 51.1 Å². The highest BCUT2D eigenvalue weighted by molar-refractivity contribution is 6.03. The Kier molecular flexibility index (Phi) is 8.37. The van der Waals surface area contributed by atoms with Crippen LogP contribution in [0.3, 0.4) is 0 Å². The first-order valence-electron chi connectivity index (χ1n) is 12.6. The average molecular weight is 549 g/mol. The summed E-state index contributed by atoms with van der Waals surface area (Å²) >= 11 is 0. The minimum Gasteiger partial charge on any atom is -0.493 e. The van der Waals surface area contributed by atoms with Gasteiger partial charge in [0.2, 0.25) is 11.9 Å². The summed E-state index contributed by atoms with van der Waals surface area (Å²) in [4.78, 5) is 46.2. The number of anilines is 3. The summed E-state index contributed by atoms with van der Waals surface area (Å²) in [6.45, 7) is 5.70. The van der Waals surface area contributed by atoms with Crippen LogP contribution in [-0.2, 0) is 16.0 Å². The van der Waals surface area contributed by atoms with Crippen LogP contribution in [0.25, 0.3) is 11.3 Å². The summed E-state index contributed by atoms with van der Waals surface area (Å²) < 4.78 is 15.8. The Morgan fingerprint density at radius 3 is 2.48 bits per heavy atom. The van der Waals surface area contributed by atoms with Gasteiger partial charge in [0.05, 0.1) is 32.0 Å². The molecule has 1 aromatic heterocycles. The van der Waals surface area contributed by atoms with Crippen molar-refractivity contribution >= 4 is 35.2 Å². The van der Waals surface area contributed by atoms with Crippen molar-refractivity contribution in [1.82, 2.24) is 20.6 Å². The van der Waals surface area contributed by atoms with Gasteiger partial charge in [0.1, 0.15) is 5.60 Å². The zero-order valence-corrected chi connectivity index (χ0v) is 23.0. The fraction of sp³-hybridized carbons (Fsp3) is 0.321. The fourth-order valence-electron chi connectivity index (χ4n) is 3.99. The minimum atomic E-state index is -0.608. The van der Waals surface area contributed by atoms with Crippen LogP contribution in [-0.4, -0.2) is 60.8 Å². The zero-order valence-electron chi connectivity index (χ0n) is 23.0. The molecule has 12 heteroatoms. The van der Waals surface area contributed by atoms with Crippen molar-refractivity contribution < 1.29 is 28.6 Å². The van der Waals surface area contributed by atoms with Gasteiger partial charge in [-0.1, -0.05) is 0 Å². The number of nitrogens with zero attached hydrogens (tertiary/aromatic N) is 2. The Morgan fingerprint density at radius 1 is 1.00 bits per heavy atom. The van der Waals surface area contributed by atoms with Gasteiger partial charge in [0.15, 0.2) is 11.5 Å². The smallest absolute Gasteiger partial charge is 0.407 e. The number of carbonyl (C=O) groups is 3. The SMILES string of the molecule is COc1ccc(Nc2ncc3c(n2)-c2ccc(C(=O)NCCNC(=O)OC(C)(C)C)cc2NC(=O)C3)cc1OC. The molecule has 2 heterocycles. The quantitative estimate of drug-likeness (QED) is 0.309. The molecule has 0 saturated carbocycles. The number of nitrogens with one attached hydrogen (secondary N) is 4. The van der Waals surface area contributed by atoms with Crippen LogP contribution in [0.1, 0.15) is 36.7 Å². The third-order valence-electron chi connectivity index (χ3n) is 5.74. The van der Waals surface area contributed by atoms with Gasteiger partial charge in [-0.3, -0.25) is 9.59 Å². The topological polar surface area (TPSA) is 153 Å². The number of aromatic nitrogens is 2. The van der Waals surface area contributed by atoms with E-state index in [0.717, 1.165) is 0 Å². The second-order valence-electron chi connectivity index (χ2n) is 9.93. The number of rotatable bonds is 8. The van der Waals surface area contributed by atoms with E-state index < -0.39 is 11.7 Å². The molecule has 0 radical (unpaired) electrons. The van der Waals surface area contributed by atoms with Crippen LogP contribution >= 0.6 is 0 Å². The van der Waals surface area contributed by atoms with Crippen molar-refractivity contribution in [3.05, 3.63) is 53.7 Å². The van der Waals surface area contributed by atoms with E-state index in [1.54, 1.807) is 71.5 Å². The Hall–Kier alpha value is -4.87. The molecule has 0 unspecified atom stereocenters. The Bertz CT molecular complexity index is 1440. The third-order valence-corrected chi connectivity index (χ3v) is 5.74. The average Bonchev–Trinajstić information content (AvgIpc) is 3.04. The highest BCUT2D eigenvalue weighted by Gasteiger charge is 2.23. The first-order valence-corrected chi connectivity index (χ1v) is 12.6. The van der Waals surface area contributed by atoms with Crippen LogP contribution in [0.15, 0.2) is 42.6 Å². The molecule has 3 aromatic rings. The van der Waals surface area contributed by atoms with Crippen molar-refractivity contribution in [2.75, 3.05) is 37.9 Å². The maximum Gasteiger partial charge on any atom is 0.407 e. The zero-order chi connectivity index (χ0) is 28.9. The summed E-state index contributed by atoms with van der Waals surface area (Å²) in [6.07, 6.45) is 1.13. The van der Waals surface area contributed by atoms with Crippen molar-refractivity contribution in [2.24, 2.45) is 0 Å². The molecule has 3 amide bonds. The van der Waals surface area contributed by atoms with Gasteiger partial charge >= 0.3 is 6.09 Å². The van der Waals surface area contributed by atoms with E-state index in [1.165, 1.54) is 0 Å². The monoisotopic (exact) mass is 548 g/mol. The molecular weight excluding hydrogens is 516 g/mol. The van der Waals surface area contributed by atoms with Crippen molar-refractivity contribution in [3.8, 4) is 22.8 Å². The van der Waals surface area contributed by atoms with Crippen LogP contribution in [0.5, 0.6) is 11.5 Å². The van der Waals surface area contributed by atoms with Crippen LogP contribution in [0, 0.1) is 0 Å². The number of amides is 3. The van der Waals surface area contributed by atoms with E-state index in [0.29, 0.717) is 51.2 Å². The van der Waals surface area contributed by atoms with Crippen molar-refractivity contribution in [2.45, 2.75) is 32.8 Å². The summed E-state index contributed by atoms with van der Waals surface area (Å²) in [5, 5.41) is 11.3. The Morgan fingerprint density at radius 2 is 1.75 bits per heavy atom. The number of ether oxygens (including phenoxy) is 3. The summed E-state index contributed by atoms with van der Waals surface area (Å²) in [7, 11) is 3.11. The normalized spacial score (nSPS) is 12.2. The molecule has 1 aliphatic rings. The van der Waals surface area contributed by atoms with Gasteiger partial charge < -0.3 is 35.5 Å². The van der Waals surface area contributed by atoms with Gasteiger partial charge in [0.25, 0.3) is 5.91 Å². The predicted molar refractivity (Wildman–Crippen MR) is 149 cm³/mol. The number of alkyl carbamates (subject to hydrolysis) is 1. The van der Waals surface area contributed by atoms with Crippen LogP contribution < -0.4 is 30.7 Å². The largest absolute Gasteiger partial charge is 0.493 e. The standard InChI is InChI=1S/C28H32N6O6/c1-28(2,3)40-27(37)30-11-10-29-25(36)16-6-8-19-20(12-16)33-23(35)13-17-15-31-26(34-24(17)19)32-18-7-9-21(38-4)22(14-18)39-5/h6-9,12,14-15H,10-11,13H2,1-5H3,(H,29,36)(H,30,37)(H,33,35)(H,31,32,34). The number of benzene rings is 2. The van der Waals surface area contributed by atoms with Crippen molar-refractivity contribution in [3.63, 3.8) is 0 Å².